The van der Waals surface area contributed by atoms with E-state index in [1.54, 1.807) is 51.1 Å². The van der Waals surface area contributed by atoms with Gasteiger partial charge in [-0.05, 0) is 20.8 Å². The van der Waals surface area contributed by atoms with Crippen molar-refractivity contribution in [2.45, 2.75) is 26.9 Å². The lowest BCUT2D eigenvalue weighted by molar-refractivity contribution is -0.168. The SMILES string of the molecule is CCOC(=O)C(C(=O)OCC)[C@@H]1C(=O)OC(C)[C@@H]1C(=O)c1ccccc1. The molecule has 0 spiro atoms. The minimum absolute atomic E-state index is 0.0311. The Hall–Kier alpha value is -2.70. The Morgan fingerprint density at radius 1 is 1.04 bits per heavy atom. The van der Waals surface area contributed by atoms with Crippen LogP contribution in [-0.2, 0) is 28.6 Å². The van der Waals surface area contributed by atoms with E-state index in [0.29, 0.717) is 5.56 Å². The highest BCUT2D eigenvalue weighted by molar-refractivity contribution is 6.06. The first kappa shape index (κ1) is 19.6. The topological polar surface area (TPSA) is 96.0 Å². The third kappa shape index (κ3) is 3.92. The highest BCUT2D eigenvalue weighted by atomic mass is 16.6. The van der Waals surface area contributed by atoms with Crippen LogP contribution in [0.3, 0.4) is 0 Å². The smallest absolute Gasteiger partial charge is 0.321 e. The summed E-state index contributed by atoms with van der Waals surface area (Å²) in [5, 5.41) is 0. The molecule has 0 N–H and O–H groups in total. The molecule has 3 atom stereocenters. The number of esters is 3. The van der Waals surface area contributed by atoms with Crippen LogP contribution in [0.5, 0.6) is 0 Å². The number of benzene rings is 1. The van der Waals surface area contributed by atoms with Gasteiger partial charge in [0.2, 0.25) is 0 Å². The lowest BCUT2D eigenvalue weighted by Crippen LogP contribution is -2.42. The zero-order valence-corrected chi connectivity index (χ0v) is 15.0. The van der Waals surface area contributed by atoms with Crippen LogP contribution in [0.2, 0.25) is 0 Å². The van der Waals surface area contributed by atoms with E-state index in [1.807, 2.05) is 0 Å². The molecule has 1 saturated heterocycles. The van der Waals surface area contributed by atoms with E-state index < -0.39 is 41.8 Å². The number of carbonyl (C=O) groups is 4. The van der Waals surface area contributed by atoms with Crippen molar-refractivity contribution in [1.29, 1.82) is 0 Å². The summed E-state index contributed by atoms with van der Waals surface area (Å²) < 4.78 is 15.1. The van der Waals surface area contributed by atoms with Gasteiger partial charge < -0.3 is 14.2 Å². The van der Waals surface area contributed by atoms with Gasteiger partial charge in [0.05, 0.1) is 25.0 Å². The third-order valence-electron chi connectivity index (χ3n) is 4.27. The van der Waals surface area contributed by atoms with Crippen LogP contribution in [0.25, 0.3) is 0 Å². The molecule has 0 aromatic heterocycles. The van der Waals surface area contributed by atoms with Gasteiger partial charge in [0.15, 0.2) is 11.7 Å². The summed E-state index contributed by atoms with van der Waals surface area (Å²) in [6.45, 7) is 4.80. The van der Waals surface area contributed by atoms with E-state index in [2.05, 4.69) is 0 Å². The summed E-state index contributed by atoms with van der Waals surface area (Å²) in [4.78, 5) is 50.1. The maximum Gasteiger partial charge on any atom is 0.321 e. The number of rotatable bonds is 7. The average molecular weight is 362 g/mol. The number of hydrogen-bond donors (Lipinski definition) is 0. The first-order valence-corrected chi connectivity index (χ1v) is 8.55. The molecule has 1 unspecified atom stereocenters. The molecule has 0 saturated carbocycles. The van der Waals surface area contributed by atoms with E-state index in [9.17, 15) is 19.2 Å². The molecular formula is C19H22O7. The summed E-state index contributed by atoms with van der Waals surface area (Å²) >= 11 is 0. The fourth-order valence-electron chi connectivity index (χ4n) is 3.14. The van der Waals surface area contributed by atoms with Crippen molar-refractivity contribution in [3.63, 3.8) is 0 Å². The Kier molecular flexibility index (Phi) is 6.49. The molecule has 26 heavy (non-hydrogen) atoms. The van der Waals surface area contributed by atoms with E-state index in [1.165, 1.54) is 0 Å². The predicted octanol–water partition coefficient (Wildman–Crippen LogP) is 1.79. The molecule has 1 fully saturated rings. The monoisotopic (exact) mass is 362 g/mol. The summed E-state index contributed by atoms with van der Waals surface area (Å²) in [7, 11) is 0. The van der Waals surface area contributed by atoms with E-state index in [0.717, 1.165) is 0 Å². The number of ketones is 1. The maximum atomic E-state index is 12.9. The van der Waals surface area contributed by atoms with E-state index in [4.69, 9.17) is 14.2 Å². The number of hydrogen-bond acceptors (Lipinski definition) is 7. The van der Waals surface area contributed by atoms with E-state index >= 15 is 0 Å². The van der Waals surface area contributed by atoms with Gasteiger partial charge in [0.1, 0.15) is 6.10 Å². The van der Waals surface area contributed by atoms with E-state index in [-0.39, 0.29) is 19.0 Å². The van der Waals surface area contributed by atoms with Crippen molar-refractivity contribution in [3.8, 4) is 0 Å². The fourth-order valence-corrected chi connectivity index (χ4v) is 3.14. The van der Waals surface area contributed by atoms with Crippen molar-refractivity contribution < 1.29 is 33.4 Å². The second-order valence-electron chi connectivity index (χ2n) is 5.91. The molecule has 0 radical (unpaired) electrons. The lowest BCUT2D eigenvalue weighted by atomic mass is 9.77. The van der Waals surface area contributed by atoms with Gasteiger partial charge in [0.25, 0.3) is 0 Å². The highest BCUT2D eigenvalue weighted by Crippen LogP contribution is 2.37. The normalized spacial score (nSPS) is 22.0. The van der Waals surface area contributed by atoms with Gasteiger partial charge >= 0.3 is 17.9 Å². The minimum Gasteiger partial charge on any atom is -0.465 e. The summed E-state index contributed by atoms with van der Waals surface area (Å²) in [5.74, 6) is -6.74. The molecule has 1 aliphatic heterocycles. The fraction of sp³-hybridized carbons (Fsp3) is 0.474. The summed E-state index contributed by atoms with van der Waals surface area (Å²) in [6, 6.07) is 8.36. The summed E-state index contributed by atoms with van der Waals surface area (Å²) in [6.07, 6.45) is -0.772. The minimum atomic E-state index is -1.54. The number of carbonyl (C=O) groups excluding carboxylic acids is 4. The molecule has 0 bridgehead atoms. The predicted molar refractivity (Wildman–Crippen MR) is 90.1 cm³/mol. The lowest BCUT2D eigenvalue weighted by Gasteiger charge is -2.23. The molecular weight excluding hydrogens is 340 g/mol. The first-order chi connectivity index (χ1) is 12.4. The number of cyclic esters (lactones) is 1. The molecule has 7 nitrogen and oxygen atoms in total. The van der Waals surface area contributed by atoms with Gasteiger partial charge in [-0.3, -0.25) is 19.2 Å². The van der Waals surface area contributed by atoms with Crippen molar-refractivity contribution in [1.82, 2.24) is 0 Å². The summed E-state index contributed by atoms with van der Waals surface area (Å²) in [5.41, 5.74) is 0.374. The molecule has 1 aromatic carbocycles. The third-order valence-corrected chi connectivity index (χ3v) is 4.27. The second kappa shape index (κ2) is 8.60. The van der Waals surface area contributed by atoms with Crippen LogP contribution in [-0.4, -0.2) is 43.0 Å². The molecule has 7 heteroatoms. The molecule has 0 amide bonds. The standard InChI is InChI=1S/C19H22O7/c1-4-24-17(21)15(18(22)25-5-2)14-13(11(3)26-19(14)23)16(20)12-9-7-6-8-10-12/h6-11,13-15H,4-5H2,1-3H3/t11?,13-,14+/m0/s1. The van der Waals surface area contributed by atoms with Gasteiger partial charge in [-0.25, -0.2) is 0 Å². The Morgan fingerprint density at radius 3 is 2.08 bits per heavy atom. The van der Waals surface area contributed by atoms with Crippen LogP contribution in [0.4, 0.5) is 0 Å². The van der Waals surface area contributed by atoms with Gasteiger partial charge in [0, 0.05) is 5.56 Å². The van der Waals surface area contributed by atoms with Gasteiger partial charge in [-0.1, -0.05) is 30.3 Å². The molecule has 1 aliphatic rings. The second-order valence-corrected chi connectivity index (χ2v) is 5.91. The Morgan fingerprint density at radius 2 is 1.58 bits per heavy atom. The Labute approximate surface area is 151 Å². The number of Topliss-reactive ketones (excluding diaryl/α,β-unsaturated/α-hetero) is 1. The molecule has 1 heterocycles. The molecule has 0 aliphatic carbocycles. The average Bonchev–Trinajstić information content (AvgIpc) is 2.90. The van der Waals surface area contributed by atoms with Gasteiger partial charge in [-0.2, -0.15) is 0 Å². The van der Waals surface area contributed by atoms with Crippen molar-refractivity contribution in [2.24, 2.45) is 17.8 Å². The van der Waals surface area contributed by atoms with Crippen LogP contribution >= 0.6 is 0 Å². The van der Waals surface area contributed by atoms with Gasteiger partial charge in [-0.15, -0.1) is 0 Å². The zero-order valence-electron chi connectivity index (χ0n) is 15.0. The zero-order chi connectivity index (χ0) is 19.3. The van der Waals surface area contributed by atoms with Crippen LogP contribution in [0.15, 0.2) is 30.3 Å². The van der Waals surface area contributed by atoms with Crippen molar-refractivity contribution in [3.05, 3.63) is 35.9 Å². The van der Waals surface area contributed by atoms with Crippen molar-refractivity contribution in [2.75, 3.05) is 13.2 Å². The van der Waals surface area contributed by atoms with Crippen LogP contribution < -0.4 is 0 Å². The molecule has 2 rings (SSSR count). The first-order valence-electron chi connectivity index (χ1n) is 8.55. The van der Waals surface area contributed by atoms with Crippen LogP contribution in [0.1, 0.15) is 31.1 Å². The Balaban J connectivity index is 2.42. The van der Waals surface area contributed by atoms with Crippen LogP contribution in [0, 0.1) is 17.8 Å². The quantitative estimate of drug-likeness (QED) is 0.316. The molecule has 140 valence electrons. The number of ether oxygens (including phenoxy) is 3. The van der Waals surface area contributed by atoms with Crippen molar-refractivity contribution >= 4 is 23.7 Å². The Bertz CT molecular complexity index is 664. The maximum absolute atomic E-state index is 12.9. The molecule has 1 aromatic rings. The highest BCUT2D eigenvalue weighted by Gasteiger charge is 2.55. The largest absolute Gasteiger partial charge is 0.465 e.